The monoisotopic (exact) mass is 332 g/mol. The summed E-state index contributed by atoms with van der Waals surface area (Å²) in [6.45, 7) is -0.214. The molecule has 9 heteroatoms. The van der Waals surface area contributed by atoms with Crippen LogP contribution in [0.3, 0.4) is 0 Å². The molecule has 0 spiro atoms. The van der Waals surface area contributed by atoms with E-state index < -0.39 is 28.9 Å². The van der Waals surface area contributed by atoms with E-state index in [0.717, 1.165) is 5.56 Å². The number of carboxylic acids is 1. The first-order chi connectivity index (χ1) is 10.7. The molecule has 0 amide bonds. The maximum atomic E-state index is 12.9. The van der Waals surface area contributed by atoms with Crippen molar-refractivity contribution in [3.63, 3.8) is 0 Å². The zero-order valence-corrected chi connectivity index (χ0v) is 12.0. The first-order valence-corrected chi connectivity index (χ1v) is 6.93. The number of aliphatic carboxylic acids is 1. The van der Waals surface area contributed by atoms with Crippen LogP contribution in [0.5, 0.6) is 0 Å². The fourth-order valence-electron chi connectivity index (χ4n) is 2.72. The molecule has 1 aromatic carbocycles. The molecule has 0 radical (unpaired) electrons. The Morgan fingerprint density at radius 2 is 1.91 bits per heavy atom. The van der Waals surface area contributed by atoms with E-state index in [1.54, 1.807) is 12.1 Å². The zero-order chi connectivity index (χ0) is 17.2. The summed E-state index contributed by atoms with van der Waals surface area (Å²) in [4.78, 5) is 22.5. The SMILES string of the molecule is O=C(O)[C@@H]1CN(CCc2ccc([N+](=O)[O-])cc2)C[C@H]1C(F)(F)F. The van der Waals surface area contributed by atoms with E-state index in [2.05, 4.69) is 0 Å². The van der Waals surface area contributed by atoms with E-state index in [4.69, 9.17) is 5.11 Å². The van der Waals surface area contributed by atoms with Crippen molar-refractivity contribution in [2.45, 2.75) is 12.6 Å². The summed E-state index contributed by atoms with van der Waals surface area (Å²) in [7, 11) is 0. The van der Waals surface area contributed by atoms with Crippen molar-refractivity contribution in [2.75, 3.05) is 19.6 Å². The summed E-state index contributed by atoms with van der Waals surface area (Å²) in [5, 5.41) is 19.5. The summed E-state index contributed by atoms with van der Waals surface area (Å²) in [6.07, 6.45) is -4.14. The lowest BCUT2D eigenvalue weighted by Gasteiger charge is -2.18. The first kappa shape index (κ1) is 17.2. The van der Waals surface area contributed by atoms with Crippen molar-refractivity contribution in [1.82, 2.24) is 4.90 Å². The van der Waals surface area contributed by atoms with Gasteiger partial charge < -0.3 is 10.0 Å². The smallest absolute Gasteiger partial charge is 0.393 e. The molecule has 1 fully saturated rings. The average Bonchev–Trinajstić information content (AvgIpc) is 2.90. The second-order valence-corrected chi connectivity index (χ2v) is 5.53. The van der Waals surface area contributed by atoms with Crippen LogP contribution < -0.4 is 0 Å². The van der Waals surface area contributed by atoms with Crippen LogP contribution in [0.4, 0.5) is 18.9 Å². The number of nitro groups is 1. The molecule has 0 aromatic heterocycles. The fourth-order valence-corrected chi connectivity index (χ4v) is 2.72. The highest BCUT2D eigenvalue weighted by molar-refractivity contribution is 5.71. The Morgan fingerprint density at radius 3 is 2.35 bits per heavy atom. The Morgan fingerprint density at radius 1 is 1.30 bits per heavy atom. The maximum absolute atomic E-state index is 12.9. The normalized spacial score (nSPS) is 22.2. The number of halogens is 3. The molecule has 23 heavy (non-hydrogen) atoms. The molecule has 0 unspecified atom stereocenters. The first-order valence-electron chi connectivity index (χ1n) is 6.93. The molecule has 0 saturated carbocycles. The van der Waals surface area contributed by atoms with Crippen molar-refractivity contribution >= 4 is 11.7 Å². The molecule has 0 bridgehead atoms. The Hall–Kier alpha value is -2.16. The van der Waals surface area contributed by atoms with E-state index in [1.807, 2.05) is 0 Å². The van der Waals surface area contributed by atoms with Gasteiger partial charge in [0.1, 0.15) is 0 Å². The second kappa shape index (κ2) is 6.53. The molecule has 1 N–H and O–H groups in total. The topological polar surface area (TPSA) is 83.7 Å². The third kappa shape index (κ3) is 4.19. The van der Waals surface area contributed by atoms with Gasteiger partial charge in [0.15, 0.2) is 0 Å². The van der Waals surface area contributed by atoms with Crippen LogP contribution in [-0.4, -0.2) is 46.7 Å². The number of rotatable bonds is 5. The van der Waals surface area contributed by atoms with Crippen LogP contribution in [0.25, 0.3) is 0 Å². The van der Waals surface area contributed by atoms with Gasteiger partial charge in [-0.1, -0.05) is 12.1 Å². The lowest BCUT2D eigenvalue weighted by Crippen LogP contribution is -2.33. The molecule has 2 rings (SSSR count). The highest BCUT2D eigenvalue weighted by Gasteiger charge is 2.52. The maximum Gasteiger partial charge on any atom is 0.393 e. The number of non-ortho nitro benzene ring substituents is 1. The predicted molar refractivity (Wildman–Crippen MR) is 73.9 cm³/mol. The van der Waals surface area contributed by atoms with Gasteiger partial charge >= 0.3 is 12.1 Å². The summed E-state index contributed by atoms with van der Waals surface area (Å²) in [5.41, 5.74) is 0.691. The number of hydrogen-bond acceptors (Lipinski definition) is 4. The number of nitrogens with zero attached hydrogens (tertiary/aromatic N) is 2. The third-order valence-electron chi connectivity index (χ3n) is 4.00. The highest BCUT2D eigenvalue weighted by Crippen LogP contribution is 2.37. The Kier molecular flexibility index (Phi) is 4.88. The Labute approximate surface area is 129 Å². The van der Waals surface area contributed by atoms with Crippen molar-refractivity contribution in [2.24, 2.45) is 11.8 Å². The van der Waals surface area contributed by atoms with E-state index in [1.165, 1.54) is 17.0 Å². The van der Waals surface area contributed by atoms with Crippen LogP contribution in [0.2, 0.25) is 0 Å². The second-order valence-electron chi connectivity index (χ2n) is 5.53. The molecule has 1 aliphatic heterocycles. The minimum Gasteiger partial charge on any atom is -0.481 e. The minimum atomic E-state index is -4.54. The average molecular weight is 332 g/mol. The van der Waals surface area contributed by atoms with Gasteiger partial charge in [0.05, 0.1) is 16.8 Å². The van der Waals surface area contributed by atoms with Crippen LogP contribution in [0.15, 0.2) is 24.3 Å². The summed E-state index contributed by atoms with van der Waals surface area (Å²) >= 11 is 0. The highest BCUT2D eigenvalue weighted by atomic mass is 19.4. The van der Waals surface area contributed by atoms with Gasteiger partial charge in [-0.2, -0.15) is 13.2 Å². The van der Waals surface area contributed by atoms with Crippen LogP contribution in [0.1, 0.15) is 5.56 Å². The molecule has 0 aliphatic carbocycles. The Bertz CT molecular complexity index is 589. The number of likely N-dealkylation sites (tertiary alicyclic amines) is 1. The molecule has 126 valence electrons. The molecular formula is C14H15F3N2O4. The molecule has 1 saturated heterocycles. The number of carboxylic acid groups (broad SMARTS) is 1. The van der Waals surface area contributed by atoms with Crippen molar-refractivity contribution in [3.05, 3.63) is 39.9 Å². The standard InChI is InChI=1S/C14H15F3N2O4/c15-14(16,17)12-8-18(7-11(12)13(20)21)6-5-9-1-3-10(4-2-9)19(22)23/h1-4,11-12H,5-8H2,(H,20,21)/t11-,12-/m1/s1. The number of alkyl halides is 3. The lowest BCUT2D eigenvalue weighted by atomic mass is 9.96. The zero-order valence-electron chi connectivity index (χ0n) is 12.0. The fraction of sp³-hybridized carbons (Fsp3) is 0.500. The quantitative estimate of drug-likeness (QED) is 0.661. The van der Waals surface area contributed by atoms with Gasteiger partial charge in [0.2, 0.25) is 0 Å². The molecule has 1 aliphatic rings. The third-order valence-corrected chi connectivity index (χ3v) is 4.00. The number of benzene rings is 1. The molecule has 2 atom stereocenters. The largest absolute Gasteiger partial charge is 0.481 e. The lowest BCUT2D eigenvalue weighted by molar-refractivity contribution is -0.384. The van der Waals surface area contributed by atoms with Crippen molar-refractivity contribution in [1.29, 1.82) is 0 Å². The summed E-state index contributed by atoms with van der Waals surface area (Å²) in [6, 6.07) is 5.75. The van der Waals surface area contributed by atoms with Crippen LogP contribution in [0, 0.1) is 22.0 Å². The molecule has 1 heterocycles. The van der Waals surface area contributed by atoms with Crippen molar-refractivity contribution in [3.8, 4) is 0 Å². The van der Waals surface area contributed by atoms with Gasteiger partial charge in [0.25, 0.3) is 5.69 Å². The predicted octanol–water partition coefficient (Wildman–Crippen LogP) is 2.33. The summed E-state index contributed by atoms with van der Waals surface area (Å²) < 4.78 is 38.6. The van der Waals surface area contributed by atoms with Gasteiger partial charge in [0, 0.05) is 31.8 Å². The van der Waals surface area contributed by atoms with Crippen LogP contribution >= 0.6 is 0 Å². The van der Waals surface area contributed by atoms with Gasteiger partial charge in [-0.15, -0.1) is 0 Å². The van der Waals surface area contributed by atoms with Crippen molar-refractivity contribution < 1.29 is 28.0 Å². The molecular weight excluding hydrogens is 317 g/mol. The Balaban J connectivity index is 1.96. The minimum absolute atomic E-state index is 0.0574. The van der Waals surface area contributed by atoms with Gasteiger partial charge in [-0.3, -0.25) is 14.9 Å². The van der Waals surface area contributed by atoms with Gasteiger partial charge in [-0.25, -0.2) is 0 Å². The van der Waals surface area contributed by atoms with E-state index in [-0.39, 0.29) is 25.3 Å². The van der Waals surface area contributed by atoms with E-state index >= 15 is 0 Å². The van der Waals surface area contributed by atoms with E-state index in [0.29, 0.717) is 6.42 Å². The molecule has 1 aromatic rings. The van der Waals surface area contributed by atoms with Gasteiger partial charge in [-0.05, 0) is 12.0 Å². The number of nitro benzene ring substituents is 1. The summed E-state index contributed by atoms with van der Waals surface area (Å²) in [5.74, 6) is -4.76. The number of carbonyl (C=O) groups is 1. The van der Waals surface area contributed by atoms with E-state index in [9.17, 15) is 28.1 Å². The van der Waals surface area contributed by atoms with Crippen LogP contribution in [-0.2, 0) is 11.2 Å². The molecule has 6 nitrogen and oxygen atoms in total. The number of hydrogen-bond donors (Lipinski definition) is 1.